The molecule has 0 aromatic heterocycles. The van der Waals surface area contributed by atoms with Gasteiger partial charge in [0.25, 0.3) is 0 Å². The summed E-state index contributed by atoms with van der Waals surface area (Å²) in [5, 5.41) is 17.1. The van der Waals surface area contributed by atoms with Crippen LogP contribution >= 0.6 is 15.9 Å². The van der Waals surface area contributed by atoms with Gasteiger partial charge in [-0.1, -0.05) is 34.1 Å². The number of aliphatic hydroxyl groups is 2. The molecule has 0 spiro atoms. The monoisotopic (exact) mass is 228 g/mol. The van der Waals surface area contributed by atoms with Crippen molar-refractivity contribution < 1.29 is 10.2 Å². The van der Waals surface area contributed by atoms with Crippen LogP contribution in [0, 0.1) is 0 Å². The molecule has 2 N–H and O–H groups in total. The molecule has 0 aliphatic rings. The van der Waals surface area contributed by atoms with E-state index in [1.54, 1.807) is 6.08 Å². The second-order valence-electron chi connectivity index (χ2n) is 2.32. The lowest BCUT2D eigenvalue weighted by Gasteiger charge is -1.95. The normalized spacial score (nSPS) is 11.3. The average Bonchev–Trinajstić information content (AvgIpc) is 2.03. The first-order valence-electron chi connectivity index (χ1n) is 3.48. The van der Waals surface area contributed by atoms with Crippen LogP contribution in [-0.4, -0.2) is 16.5 Å². The van der Waals surface area contributed by atoms with Gasteiger partial charge >= 0.3 is 0 Å². The van der Waals surface area contributed by atoms with Crippen LogP contribution in [0.25, 0.3) is 6.08 Å². The molecule has 0 saturated carbocycles. The van der Waals surface area contributed by atoms with Crippen molar-refractivity contribution in [2.24, 2.45) is 0 Å². The molecular formula is C9H9BrO2. The van der Waals surface area contributed by atoms with Gasteiger partial charge in [0.05, 0.1) is 0 Å². The summed E-state index contributed by atoms with van der Waals surface area (Å²) in [5.41, 5.74) is 0.936. The molecule has 0 unspecified atom stereocenters. The van der Waals surface area contributed by atoms with Crippen molar-refractivity contribution in [1.82, 2.24) is 0 Å². The molecule has 1 rings (SSSR count). The van der Waals surface area contributed by atoms with Crippen LogP contribution in [-0.2, 0) is 0 Å². The standard InChI is InChI=1S/C9H9BrO2/c10-8-4-1-7(2-5-8)3-6-9(11)12/h1-6,9,11-12H. The molecule has 64 valence electrons. The van der Waals surface area contributed by atoms with E-state index >= 15 is 0 Å². The Morgan fingerprint density at radius 3 is 2.25 bits per heavy atom. The first-order chi connectivity index (χ1) is 5.68. The first kappa shape index (κ1) is 9.45. The Bertz CT molecular complexity index is 264. The molecule has 0 heterocycles. The molecular weight excluding hydrogens is 220 g/mol. The van der Waals surface area contributed by atoms with Crippen molar-refractivity contribution in [3.05, 3.63) is 40.4 Å². The molecule has 0 atom stereocenters. The van der Waals surface area contributed by atoms with E-state index in [0.29, 0.717) is 0 Å². The van der Waals surface area contributed by atoms with E-state index in [1.165, 1.54) is 6.08 Å². The molecule has 0 amide bonds. The fraction of sp³-hybridized carbons (Fsp3) is 0.111. The van der Waals surface area contributed by atoms with Crippen LogP contribution in [0.1, 0.15) is 5.56 Å². The van der Waals surface area contributed by atoms with Crippen molar-refractivity contribution in [2.75, 3.05) is 0 Å². The highest BCUT2D eigenvalue weighted by atomic mass is 79.9. The van der Waals surface area contributed by atoms with E-state index in [4.69, 9.17) is 10.2 Å². The Morgan fingerprint density at radius 2 is 1.75 bits per heavy atom. The zero-order valence-corrected chi connectivity index (χ0v) is 7.90. The summed E-state index contributed by atoms with van der Waals surface area (Å²) in [5.74, 6) is 0. The van der Waals surface area contributed by atoms with Gasteiger partial charge in [0.2, 0.25) is 0 Å². The number of hydrogen-bond acceptors (Lipinski definition) is 2. The molecule has 1 aromatic carbocycles. The smallest absolute Gasteiger partial charge is 0.171 e. The number of hydrogen-bond donors (Lipinski definition) is 2. The molecule has 0 bridgehead atoms. The minimum Gasteiger partial charge on any atom is -0.365 e. The predicted octanol–water partition coefficient (Wildman–Crippen LogP) is 1.77. The van der Waals surface area contributed by atoms with Gasteiger partial charge in [0, 0.05) is 4.47 Å². The minimum absolute atomic E-state index is 0.936. The van der Waals surface area contributed by atoms with Gasteiger partial charge in [-0.15, -0.1) is 0 Å². The quantitative estimate of drug-likeness (QED) is 0.758. The van der Waals surface area contributed by atoms with E-state index in [0.717, 1.165) is 10.0 Å². The Balaban J connectivity index is 2.71. The Morgan fingerprint density at radius 1 is 1.17 bits per heavy atom. The maximum absolute atomic E-state index is 8.53. The fourth-order valence-corrected chi connectivity index (χ4v) is 1.04. The van der Waals surface area contributed by atoms with Crippen molar-refractivity contribution in [3.63, 3.8) is 0 Å². The number of benzene rings is 1. The average molecular weight is 229 g/mol. The second-order valence-corrected chi connectivity index (χ2v) is 3.24. The molecule has 1 aromatic rings. The van der Waals surface area contributed by atoms with Crippen LogP contribution in [0.5, 0.6) is 0 Å². The molecule has 3 heteroatoms. The lowest BCUT2D eigenvalue weighted by atomic mass is 10.2. The number of aliphatic hydroxyl groups excluding tert-OH is 1. The summed E-state index contributed by atoms with van der Waals surface area (Å²) in [6.45, 7) is 0. The summed E-state index contributed by atoms with van der Waals surface area (Å²) in [4.78, 5) is 0. The highest BCUT2D eigenvalue weighted by Gasteiger charge is 1.89. The zero-order chi connectivity index (χ0) is 8.97. The SMILES string of the molecule is OC(O)C=Cc1ccc(Br)cc1. The predicted molar refractivity (Wildman–Crippen MR) is 51.4 cm³/mol. The van der Waals surface area contributed by atoms with Crippen molar-refractivity contribution in [3.8, 4) is 0 Å². The van der Waals surface area contributed by atoms with Gasteiger partial charge < -0.3 is 10.2 Å². The third-order valence-electron chi connectivity index (χ3n) is 1.33. The molecule has 0 saturated heterocycles. The maximum atomic E-state index is 8.53. The minimum atomic E-state index is -1.38. The first-order valence-corrected chi connectivity index (χ1v) is 4.28. The van der Waals surface area contributed by atoms with Gasteiger partial charge in [-0.3, -0.25) is 0 Å². The van der Waals surface area contributed by atoms with E-state index in [-0.39, 0.29) is 0 Å². The van der Waals surface area contributed by atoms with Crippen LogP contribution in [0.2, 0.25) is 0 Å². The van der Waals surface area contributed by atoms with Gasteiger partial charge in [0.15, 0.2) is 6.29 Å². The summed E-state index contributed by atoms with van der Waals surface area (Å²) in [6.07, 6.45) is 1.58. The molecule has 0 fully saturated rings. The van der Waals surface area contributed by atoms with Crippen molar-refractivity contribution >= 4 is 22.0 Å². The van der Waals surface area contributed by atoms with E-state index in [1.807, 2.05) is 24.3 Å². The van der Waals surface area contributed by atoms with E-state index in [2.05, 4.69) is 15.9 Å². The largest absolute Gasteiger partial charge is 0.365 e. The van der Waals surface area contributed by atoms with Crippen LogP contribution in [0.4, 0.5) is 0 Å². The summed E-state index contributed by atoms with van der Waals surface area (Å²) >= 11 is 3.30. The lowest BCUT2D eigenvalue weighted by molar-refractivity contribution is 0.00304. The Labute approximate surface area is 79.3 Å². The summed E-state index contributed by atoms with van der Waals surface area (Å²) in [6, 6.07) is 7.54. The third kappa shape index (κ3) is 3.17. The van der Waals surface area contributed by atoms with Crippen molar-refractivity contribution in [2.45, 2.75) is 6.29 Å². The molecule has 0 radical (unpaired) electrons. The molecule has 12 heavy (non-hydrogen) atoms. The van der Waals surface area contributed by atoms with Crippen LogP contribution in [0.15, 0.2) is 34.8 Å². The zero-order valence-electron chi connectivity index (χ0n) is 6.31. The van der Waals surface area contributed by atoms with Gasteiger partial charge in [-0.2, -0.15) is 0 Å². The highest BCUT2D eigenvalue weighted by molar-refractivity contribution is 9.10. The topological polar surface area (TPSA) is 40.5 Å². The van der Waals surface area contributed by atoms with E-state index in [9.17, 15) is 0 Å². The van der Waals surface area contributed by atoms with Crippen LogP contribution < -0.4 is 0 Å². The fourth-order valence-electron chi connectivity index (χ4n) is 0.771. The van der Waals surface area contributed by atoms with E-state index < -0.39 is 6.29 Å². The van der Waals surface area contributed by atoms with Crippen molar-refractivity contribution in [1.29, 1.82) is 0 Å². The Hall–Kier alpha value is -0.640. The molecule has 2 nitrogen and oxygen atoms in total. The number of rotatable bonds is 2. The summed E-state index contributed by atoms with van der Waals surface area (Å²) < 4.78 is 1.00. The lowest BCUT2D eigenvalue weighted by Crippen LogP contribution is -1.96. The van der Waals surface area contributed by atoms with Crippen LogP contribution in [0.3, 0.4) is 0 Å². The maximum Gasteiger partial charge on any atom is 0.171 e. The van der Waals surface area contributed by atoms with Gasteiger partial charge in [-0.05, 0) is 23.8 Å². The highest BCUT2D eigenvalue weighted by Crippen LogP contribution is 2.11. The van der Waals surface area contributed by atoms with Gasteiger partial charge in [-0.25, -0.2) is 0 Å². The van der Waals surface area contributed by atoms with Gasteiger partial charge in [0.1, 0.15) is 0 Å². The summed E-state index contributed by atoms with van der Waals surface area (Å²) in [7, 11) is 0. The third-order valence-corrected chi connectivity index (χ3v) is 1.86. The Kier molecular flexibility index (Phi) is 3.47. The number of halogens is 1. The molecule has 0 aliphatic heterocycles. The molecule has 0 aliphatic carbocycles. The second kappa shape index (κ2) is 4.40.